The molecule has 1 atom stereocenters. The minimum atomic E-state index is -4.22. The number of hydrogen-bond donors (Lipinski definition) is 2. The van der Waals surface area contributed by atoms with Crippen LogP contribution in [-0.2, 0) is 10.1 Å². The van der Waals surface area contributed by atoms with Gasteiger partial charge < -0.3 is 5.11 Å². The highest BCUT2D eigenvalue weighted by molar-refractivity contribution is 7.86. The van der Waals surface area contributed by atoms with E-state index in [1.165, 1.54) is 12.1 Å². The lowest BCUT2D eigenvalue weighted by Crippen LogP contribution is -2.15. The lowest BCUT2D eigenvalue weighted by molar-refractivity contribution is 0.285. The van der Waals surface area contributed by atoms with E-state index in [-0.39, 0.29) is 0 Å². The quantitative estimate of drug-likeness (QED) is 0.704. The average molecular weight is 202 g/mol. The molecule has 0 aliphatic heterocycles. The van der Waals surface area contributed by atoms with Crippen LogP contribution < -0.4 is 0 Å². The Morgan fingerprint density at radius 3 is 2.15 bits per heavy atom. The predicted octanol–water partition coefficient (Wildman–Crippen LogP) is 0.608. The minimum absolute atomic E-state index is 0.382. The molecular weight excluding hydrogens is 192 g/mol. The van der Waals surface area contributed by atoms with Crippen molar-refractivity contribution in [3.8, 4) is 0 Å². The monoisotopic (exact) mass is 202 g/mol. The van der Waals surface area contributed by atoms with Crippen LogP contribution in [0.1, 0.15) is 10.8 Å². The number of aliphatic hydroxyl groups excluding tert-OH is 1. The maximum absolute atomic E-state index is 10.8. The second kappa shape index (κ2) is 3.87. The lowest BCUT2D eigenvalue weighted by atomic mass is 10.2. The summed E-state index contributed by atoms with van der Waals surface area (Å²) in [5.74, 6) is 0. The van der Waals surface area contributed by atoms with Crippen LogP contribution in [0.4, 0.5) is 0 Å². The van der Waals surface area contributed by atoms with Gasteiger partial charge in [-0.2, -0.15) is 8.42 Å². The normalized spacial score (nSPS) is 14.0. The van der Waals surface area contributed by atoms with Crippen molar-refractivity contribution < 1.29 is 18.1 Å². The van der Waals surface area contributed by atoms with Crippen LogP contribution in [0.25, 0.3) is 0 Å². The summed E-state index contributed by atoms with van der Waals surface area (Å²) in [4.78, 5) is 0. The van der Waals surface area contributed by atoms with E-state index in [9.17, 15) is 8.42 Å². The van der Waals surface area contributed by atoms with E-state index in [0.717, 1.165) is 0 Å². The third kappa shape index (κ3) is 2.51. The van der Waals surface area contributed by atoms with Gasteiger partial charge in [0, 0.05) is 0 Å². The third-order valence-corrected chi connectivity index (χ3v) is 2.84. The topological polar surface area (TPSA) is 74.6 Å². The van der Waals surface area contributed by atoms with Gasteiger partial charge in [-0.25, -0.2) is 0 Å². The second-order valence-electron chi connectivity index (χ2n) is 2.60. The summed E-state index contributed by atoms with van der Waals surface area (Å²) < 4.78 is 30.3. The molecule has 0 aliphatic rings. The molecular formula is C8H10O4S. The summed E-state index contributed by atoms with van der Waals surface area (Å²) in [5.41, 5.74) is 0.382. The van der Waals surface area contributed by atoms with Crippen molar-refractivity contribution in [2.75, 3.05) is 6.61 Å². The Hall–Kier alpha value is -0.910. The molecule has 13 heavy (non-hydrogen) atoms. The summed E-state index contributed by atoms with van der Waals surface area (Å²) in [6.07, 6.45) is 0. The van der Waals surface area contributed by atoms with Gasteiger partial charge in [-0.15, -0.1) is 0 Å². The van der Waals surface area contributed by atoms with Gasteiger partial charge in [-0.05, 0) is 5.56 Å². The van der Waals surface area contributed by atoms with Gasteiger partial charge in [0.2, 0.25) is 0 Å². The van der Waals surface area contributed by atoms with Crippen molar-refractivity contribution in [1.29, 1.82) is 0 Å². The SMILES string of the molecule is O=S(=O)(O)[C@@H](CO)c1ccccc1. The second-order valence-corrected chi connectivity index (χ2v) is 4.20. The molecule has 0 bridgehead atoms. The van der Waals surface area contributed by atoms with Crippen LogP contribution in [0.3, 0.4) is 0 Å². The number of hydrogen-bond acceptors (Lipinski definition) is 3. The minimum Gasteiger partial charge on any atom is -0.395 e. The molecule has 0 aliphatic carbocycles. The zero-order valence-corrected chi connectivity index (χ0v) is 7.61. The average Bonchev–Trinajstić information content (AvgIpc) is 2.05. The molecule has 1 rings (SSSR count). The van der Waals surface area contributed by atoms with Crippen LogP contribution >= 0.6 is 0 Å². The maximum Gasteiger partial charge on any atom is 0.274 e. The Labute approximate surface area is 76.6 Å². The highest BCUT2D eigenvalue weighted by atomic mass is 32.2. The van der Waals surface area contributed by atoms with Crippen LogP contribution in [0, 0.1) is 0 Å². The molecule has 4 nitrogen and oxygen atoms in total. The molecule has 0 spiro atoms. The standard InChI is InChI=1S/C8H10O4S/c9-6-8(13(10,11)12)7-4-2-1-3-5-7/h1-5,8-9H,6H2,(H,10,11,12)/t8-/m0/s1. The van der Waals surface area contributed by atoms with Gasteiger partial charge in [0.15, 0.2) is 0 Å². The van der Waals surface area contributed by atoms with E-state index in [2.05, 4.69) is 0 Å². The largest absolute Gasteiger partial charge is 0.395 e. The molecule has 0 radical (unpaired) electrons. The van der Waals surface area contributed by atoms with Gasteiger partial charge in [-0.1, -0.05) is 30.3 Å². The van der Waals surface area contributed by atoms with Crippen LogP contribution in [0.5, 0.6) is 0 Å². The Kier molecular flexibility index (Phi) is 3.02. The number of aliphatic hydroxyl groups is 1. The zero-order chi connectivity index (χ0) is 9.90. The van der Waals surface area contributed by atoms with E-state index >= 15 is 0 Å². The first-order valence-corrected chi connectivity index (χ1v) is 5.18. The van der Waals surface area contributed by atoms with Crippen LogP contribution in [0.15, 0.2) is 30.3 Å². The fourth-order valence-electron chi connectivity index (χ4n) is 1.04. The van der Waals surface area contributed by atoms with Crippen LogP contribution in [0.2, 0.25) is 0 Å². The van der Waals surface area contributed by atoms with E-state index in [1.807, 2.05) is 0 Å². The van der Waals surface area contributed by atoms with Crippen molar-refractivity contribution in [3.05, 3.63) is 35.9 Å². The summed E-state index contributed by atoms with van der Waals surface area (Å²) in [6, 6.07) is 8.08. The van der Waals surface area contributed by atoms with E-state index in [0.29, 0.717) is 5.56 Å². The molecule has 1 aromatic carbocycles. The first kappa shape index (κ1) is 10.2. The zero-order valence-electron chi connectivity index (χ0n) is 6.79. The molecule has 0 heterocycles. The van der Waals surface area contributed by atoms with E-state index in [1.54, 1.807) is 18.2 Å². The Morgan fingerprint density at radius 1 is 1.23 bits per heavy atom. The molecule has 0 saturated carbocycles. The lowest BCUT2D eigenvalue weighted by Gasteiger charge is -2.10. The Bertz CT molecular complexity index is 357. The van der Waals surface area contributed by atoms with Gasteiger partial charge >= 0.3 is 0 Å². The van der Waals surface area contributed by atoms with Crippen molar-refractivity contribution in [2.45, 2.75) is 5.25 Å². The molecule has 1 aromatic rings. The molecule has 5 heteroatoms. The van der Waals surface area contributed by atoms with E-state index < -0.39 is 22.0 Å². The summed E-state index contributed by atoms with van der Waals surface area (Å²) in [7, 11) is -4.22. The smallest absolute Gasteiger partial charge is 0.274 e. The van der Waals surface area contributed by atoms with Crippen molar-refractivity contribution in [2.24, 2.45) is 0 Å². The molecule has 72 valence electrons. The summed E-state index contributed by atoms with van der Waals surface area (Å²) in [5, 5.41) is 7.53. The highest BCUT2D eigenvalue weighted by Crippen LogP contribution is 2.19. The molecule has 0 saturated heterocycles. The van der Waals surface area contributed by atoms with Gasteiger partial charge in [0.05, 0.1) is 6.61 Å². The fourth-order valence-corrected chi connectivity index (χ4v) is 1.73. The van der Waals surface area contributed by atoms with Crippen LogP contribution in [-0.4, -0.2) is 24.7 Å². The Morgan fingerprint density at radius 2 is 1.77 bits per heavy atom. The number of benzene rings is 1. The molecule has 0 aromatic heterocycles. The van der Waals surface area contributed by atoms with Gasteiger partial charge in [-0.3, -0.25) is 4.55 Å². The molecule has 0 fully saturated rings. The number of rotatable bonds is 3. The first-order chi connectivity index (χ1) is 6.05. The Balaban J connectivity index is 3.06. The molecule has 0 unspecified atom stereocenters. The van der Waals surface area contributed by atoms with Gasteiger partial charge in [0.1, 0.15) is 5.25 Å². The van der Waals surface area contributed by atoms with E-state index in [4.69, 9.17) is 9.66 Å². The van der Waals surface area contributed by atoms with Gasteiger partial charge in [0.25, 0.3) is 10.1 Å². The predicted molar refractivity (Wildman–Crippen MR) is 47.8 cm³/mol. The van der Waals surface area contributed by atoms with Crippen molar-refractivity contribution in [3.63, 3.8) is 0 Å². The highest BCUT2D eigenvalue weighted by Gasteiger charge is 2.23. The summed E-state index contributed by atoms with van der Waals surface area (Å²) >= 11 is 0. The molecule has 2 N–H and O–H groups in total. The summed E-state index contributed by atoms with van der Waals surface area (Å²) in [6.45, 7) is -0.622. The maximum atomic E-state index is 10.8. The molecule has 0 amide bonds. The van der Waals surface area contributed by atoms with Crippen molar-refractivity contribution in [1.82, 2.24) is 0 Å². The first-order valence-electron chi connectivity index (χ1n) is 3.68. The third-order valence-electron chi connectivity index (χ3n) is 1.70. The van der Waals surface area contributed by atoms with Crippen molar-refractivity contribution >= 4 is 10.1 Å². The fraction of sp³-hybridized carbons (Fsp3) is 0.250.